The molecule has 1 fully saturated rings. The van der Waals surface area contributed by atoms with Gasteiger partial charge in [0.1, 0.15) is 6.04 Å². The molecule has 3 N–H and O–H groups in total. The maximum atomic E-state index is 12.1. The fraction of sp³-hybridized carbons (Fsp3) is 0.846. The zero-order chi connectivity index (χ0) is 13.7. The molecule has 1 heterocycles. The first-order valence-electron chi connectivity index (χ1n) is 6.78. The smallest absolute Gasteiger partial charge is 0.244 e. The Morgan fingerprint density at radius 1 is 1.11 bits per heavy atom. The Kier molecular flexibility index (Phi) is 5.59. The minimum Gasteiger partial charge on any atom is -0.343 e. The molecule has 0 aliphatic carbocycles. The number of amides is 2. The van der Waals surface area contributed by atoms with Gasteiger partial charge in [-0.15, -0.1) is 0 Å². The highest BCUT2D eigenvalue weighted by molar-refractivity contribution is 5.89. The van der Waals surface area contributed by atoms with Gasteiger partial charge >= 0.3 is 0 Å². The summed E-state index contributed by atoms with van der Waals surface area (Å²) in [4.78, 5) is 25.7. The van der Waals surface area contributed by atoms with Crippen molar-refractivity contribution in [2.45, 2.75) is 52.1 Å². The van der Waals surface area contributed by atoms with Crippen molar-refractivity contribution < 1.29 is 9.59 Å². The molecule has 1 rings (SSSR count). The standard InChI is InChI=1S/C13H25N3O2/c1-9(2)11(14)12(17)15-10(3)13(18)16-7-5-4-6-8-16/h9-11H,4-8,14H2,1-3H3,(H,15,17). The van der Waals surface area contributed by atoms with E-state index in [0.717, 1.165) is 25.9 Å². The van der Waals surface area contributed by atoms with E-state index in [1.54, 1.807) is 6.92 Å². The molecule has 18 heavy (non-hydrogen) atoms. The van der Waals surface area contributed by atoms with Crippen molar-refractivity contribution >= 4 is 11.8 Å². The number of carbonyl (C=O) groups is 2. The summed E-state index contributed by atoms with van der Waals surface area (Å²) < 4.78 is 0. The van der Waals surface area contributed by atoms with Crippen LogP contribution in [0.1, 0.15) is 40.0 Å². The molecular formula is C13H25N3O2. The largest absolute Gasteiger partial charge is 0.343 e. The van der Waals surface area contributed by atoms with Gasteiger partial charge in [-0.3, -0.25) is 9.59 Å². The van der Waals surface area contributed by atoms with Crippen molar-refractivity contribution in [3.05, 3.63) is 0 Å². The van der Waals surface area contributed by atoms with Crippen LogP contribution in [0.15, 0.2) is 0 Å². The Morgan fingerprint density at radius 3 is 2.17 bits per heavy atom. The second kappa shape index (κ2) is 6.73. The molecule has 0 aromatic rings. The molecule has 0 saturated carbocycles. The lowest BCUT2D eigenvalue weighted by Gasteiger charge is -2.30. The molecule has 1 aliphatic rings. The Hall–Kier alpha value is -1.10. The fourth-order valence-corrected chi connectivity index (χ4v) is 2.06. The van der Waals surface area contributed by atoms with E-state index in [-0.39, 0.29) is 17.7 Å². The highest BCUT2D eigenvalue weighted by Crippen LogP contribution is 2.10. The number of nitrogens with zero attached hydrogens (tertiary/aromatic N) is 1. The molecule has 2 unspecified atom stereocenters. The van der Waals surface area contributed by atoms with Crippen LogP contribution in [-0.4, -0.2) is 41.9 Å². The summed E-state index contributed by atoms with van der Waals surface area (Å²) in [5.74, 6) is -0.177. The van der Waals surface area contributed by atoms with E-state index in [1.165, 1.54) is 6.42 Å². The Bertz CT molecular complexity index is 299. The third-order valence-electron chi connectivity index (χ3n) is 3.42. The molecule has 1 saturated heterocycles. The van der Waals surface area contributed by atoms with Crippen molar-refractivity contribution in [3.8, 4) is 0 Å². The normalized spacial score (nSPS) is 19.5. The maximum Gasteiger partial charge on any atom is 0.244 e. The summed E-state index contributed by atoms with van der Waals surface area (Å²) in [6, 6.07) is -1.04. The van der Waals surface area contributed by atoms with E-state index < -0.39 is 12.1 Å². The number of nitrogens with one attached hydrogen (secondary N) is 1. The van der Waals surface area contributed by atoms with Crippen LogP contribution in [0.2, 0.25) is 0 Å². The lowest BCUT2D eigenvalue weighted by atomic mass is 10.0. The topological polar surface area (TPSA) is 75.4 Å². The van der Waals surface area contributed by atoms with E-state index in [1.807, 2.05) is 18.7 Å². The number of piperidine rings is 1. The lowest BCUT2D eigenvalue weighted by molar-refractivity contribution is -0.137. The summed E-state index contributed by atoms with van der Waals surface area (Å²) in [5.41, 5.74) is 5.75. The zero-order valence-electron chi connectivity index (χ0n) is 11.6. The second-order valence-electron chi connectivity index (χ2n) is 5.39. The van der Waals surface area contributed by atoms with Crippen LogP contribution in [0.4, 0.5) is 0 Å². The van der Waals surface area contributed by atoms with Gasteiger partial charge in [0, 0.05) is 13.1 Å². The summed E-state index contributed by atoms with van der Waals surface area (Å²) >= 11 is 0. The molecule has 5 nitrogen and oxygen atoms in total. The predicted octanol–water partition coefficient (Wildman–Crippen LogP) is 0.487. The van der Waals surface area contributed by atoms with Crippen LogP contribution < -0.4 is 11.1 Å². The lowest BCUT2D eigenvalue weighted by Crippen LogP contribution is -2.53. The second-order valence-corrected chi connectivity index (χ2v) is 5.39. The number of hydrogen-bond acceptors (Lipinski definition) is 3. The van der Waals surface area contributed by atoms with Crippen molar-refractivity contribution in [2.24, 2.45) is 11.7 Å². The van der Waals surface area contributed by atoms with Gasteiger partial charge in [0.2, 0.25) is 11.8 Å². The van der Waals surface area contributed by atoms with Gasteiger partial charge in [0.25, 0.3) is 0 Å². The van der Waals surface area contributed by atoms with Gasteiger partial charge in [0.15, 0.2) is 0 Å². The van der Waals surface area contributed by atoms with Crippen LogP contribution in [0.25, 0.3) is 0 Å². The SMILES string of the molecule is CC(NC(=O)C(N)C(C)C)C(=O)N1CCCCC1. The summed E-state index contributed by atoms with van der Waals surface area (Å²) in [6.45, 7) is 7.11. The number of rotatable bonds is 4. The average Bonchev–Trinajstić information content (AvgIpc) is 2.37. The Morgan fingerprint density at radius 2 is 1.67 bits per heavy atom. The number of hydrogen-bond donors (Lipinski definition) is 2. The Balaban J connectivity index is 2.46. The summed E-state index contributed by atoms with van der Waals surface area (Å²) in [5, 5.41) is 2.70. The minimum absolute atomic E-state index is 0.000920. The van der Waals surface area contributed by atoms with E-state index in [4.69, 9.17) is 5.73 Å². The first kappa shape index (κ1) is 15.0. The van der Waals surface area contributed by atoms with Crippen LogP contribution in [0, 0.1) is 5.92 Å². The van der Waals surface area contributed by atoms with Gasteiger partial charge in [0.05, 0.1) is 6.04 Å². The summed E-state index contributed by atoms with van der Waals surface area (Å²) in [6.07, 6.45) is 3.29. The molecule has 1 aliphatic heterocycles. The Labute approximate surface area is 109 Å². The molecule has 0 spiro atoms. The van der Waals surface area contributed by atoms with Crippen LogP contribution >= 0.6 is 0 Å². The maximum absolute atomic E-state index is 12.1. The van der Waals surface area contributed by atoms with Crippen molar-refractivity contribution in [2.75, 3.05) is 13.1 Å². The van der Waals surface area contributed by atoms with E-state index >= 15 is 0 Å². The molecule has 104 valence electrons. The molecular weight excluding hydrogens is 230 g/mol. The van der Waals surface area contributed by atoms with Gasteiger partial charge in [-0.2, -0.15) is 0 Å². The van der Waals surface area contributed by atoms with Gasteiger partial charge in [-0.25, -0.2) is 0 Å². The van der Waals surface area contributed by atoms with Crippen LogP contribution in [-0.2, 0) is 9.59 Å². The third-order valence-corrected chi connectivity index (χ3v) is 3.42. The monoisotopic (exact) mass is 255 g/mol. The number of nitrogens with two attached hydrogens (primary N) is 1. The van der Waals surface area contributed by atoms with Crippen molar-refractivity contribution in [1.29, 1.82) is 0 Å². The molecule has 0 aromatic heterocycles. The molecule has 0 bridgehead atoms. The third kappa shape index (κ3) is 3.98. The first-order valence-corrected chi connectivity index (χ1v) is 6.78. The van der Waals surface area contributed by atoms with Crippen molar-refractivity contribution in [3.63, 3.8) is 0 Å². The molecule has 0 radical (unpaired) electrons. The molecule has 0 aromatic carbocycles. The average molecular weight is 255 g/mol. The molecule has 2 amide bonds. The van der Waals surface area contributed by atoms with Gasteiger partial charge in [-0.1, -0.05) is 13.8 Å². The van der Waals surface area contributed by atoms with E-state index in [2.05, 4.69) is 5.32 Å². The highest BCUT2D eigenvalue weighted by Gasteiger charge is 2.25. The highest BCUT2D eigenvalue weighted by atomic mass is 16.2. The van der Waals surface area contributed by atoms with Gasteiger partial charge in [-0.05, 0) is 32.1 Å². The van der Waals surface area contributed by atoms with E-state index in [0.29, 0.717) is 0 Å². The quantitative estimate of drug-likeness (QED) is 0.767. The minimum atomic E-state index is -0.554. The zero-order valence-corrected chi connectivity index (χ0v) is 11.6. The van der Waals surface area contributed by atoms with E-state index in [9.17, 15) is 9.59 Å². The molecule has 2 atom stereocenters. The predicted molar refractivity (Wildman–Crippen MR) is 70.8 cm³/mol. The van der Waals surface area contributed by atoms with Gasteiger partial charge < -0.3 is 16.0 Å². The first-order chi connectivity index (χ1) is 8.43. The number of carbonyl (C=O) groups excluding carboxylic acids is 2. The molecule has 5 heteroatoms. The van der Waals surface area contributed by atoms with Crippen LogP contribution in [0.5, 0.6) is 0 Å². The van der Waals surface area contributed by atoms with Crippen LogP contribution in [0.3, 0.4) is 0 Å². The van der Waals surface area contributed by atoms with Crippen molar-refractivity contribution in [1.82, 2.24) is 10.2 Å². The fourth-order valence-electron chi connectivity index (χ4n) is 2.06. The summed E-state index contributed by atoms with van der Waals surface area (Å²) in [7, 11) is 0. The number of likely N-dealkylation sites (tertiary alicyclic amines) is 1.